The summed E-state index contributed by atoms with van der Waals surface area (Å²) in [6, 6.07) is 7.97. The number of carbonyl (C=O) groups is 1. The van der Waals surface area contributed by atoms with E-state index in [1.165, 1.54) is 0 Å². The number of rotatable bonds is 5. The van der Waals surface area contributed by atoms with E-state index in [2.05, 4.69) is 20.8 Å². The Labute approximate surface area is 211 Å². The number of anilines is 3. The number of aromatic amines is 1. The number of methoxy groups -OCH3 is 1. The first-order chi connectivity index (χ1) is 17.2. The minimum atomic E-state index is -0.503. The molecule has 0 spiro atoms. The molecule has 6 rings (SSSR count). The highest BCUT2D eigenvalue weighted by molar-refractivity contribution is 5.92. The molecule has 3 fully saturated rings. The Kier molecular flexibility index (Phi) is 6.36. The number of hydrogen-bond acceptors (Lipinski definition) is 8. The summed E-state index contributed by atoms with van der Waals surface area (Å²) in [5.41, 5.74) is 1.23. The first-order valence-corrected chi connectivity index (χ1v) is 12.6. The summed E-state index contributed by atoms with van der Waals surface area (Å²) < 4.78 is 11.1. The fourth-order valence-corrected chi connectivity index (χ4v) is 5.21. The Hall–Kier alpha value is -3.56. The van der Waals surface area contributed by atoms with Gasteiger partial charge in [0.2, 0.25) is 5.95 Å². The number of nitrogens with one attached hydrogen (secondary N) is 3. The molecule has 2 aromatic heterocycles. The third kappa shape index (κ3) is 5.32. The lowest BCUT2D eigenvalue weighted by atomic mass is 9.95. The van der Waals surface area contributed by atoms with Gasteiger partial charge in [-0.25, -0.2) is 9.78 Å². The van der Waals surface area contributed by atoms with Gasteiger partial charge in [0.1, 0.15) is 17.2 Å². The average molecular weight is 494 g/mol. The number of carbonyl (C=O) groups excluding carboxylic acids is 1. The molecule has 2 saturated heterocycles. The Bertz CT molecular complexity index is 1250. The second kappa shape index (κ2) is 9.48. The van der Waals surface area contributed by atoms with Gasteiger partial charge in [0, 0.05) is 41.8 Å². The summed E-state index contributed by atoms with van der Waals surface area (Å²) in [5, 5.41) is 15.0. The van der Waals surface area contributed by atoms with Crippen LogP contribution in [0.5, 0.6) is 5.75 Å². The molecule has 3 aliphatic rings. The van der Waals surface area contributed by atoms with E-state index in [1.54, 1.807) is 7.11 Å². The van der Waals surface area contributed by atoms with Crippen molar-refractivity contribution in [1.29, 1.82) is 0 Å². The lowest BCUT2D eigenvalue weighted by Gasteiger charge is -2.37. The molecule has 1 aliphatic carbocycles. The fourth-order valence-electron chi connectivity index (χ4n) is 5.21. The first kappa shape index (κ1) is 24.1. The molecule has 192 valence electrons. The normalized spacial score (nSPS) is 21.8. The van der Waals surface area contributed by atoms with Crippen LogP contribution >= 0.6 is 0 Å². The molecule has 36 heavy (non-hydrogen) atoms. The molecule has 4 heterocycles. The fraction of sp³-hybridized carbons (Fsp3) is 0.538. The topological polar surface area (TPSA) is 117 Å². The number of amides is 1. The van der Waals surface area contributed by atoms with Crippen LogP contribution in [0, 0.1) is 12.8 Å². The summed E-state index contributed by atoms with van der Waals surface area (Å²) >= 11 is 0. The van der Waals surface area contributed by atoms with Crippen molar-refractivity contribution in [2.45, 2.75) is 71.1 Å². The maximum absolute atomic E-state index is 12.9. The van der Waals surface area contributed by atoms with Gasteiger partial charge in [0.25, 0.3) is 0 Å². The van der Waals surface area contributed by atoms with Gasteiger partial charge in [-0.1, -0.05) is 0 Å². The Balaban J connectivity index is 1.40. The van der Waals surface area contributed by atoms with Crippen LogP contribution in [0.3, 0.4) is 0 Å². The molecule has 3 atom stereocenters. The zero-order chi connectivity index (χ0) is 25.4. The number of H-pyrrole nitrogens is 1. The largest absolute Gasteiger partial charge is 0.497 e. The van der Waals surface area contributed by atoms with Crippen molar-refractivity contribution in [2.24, 2.45) is 5.92 Å². The smallest absolute Gasteiger partial charge is 0.410 e. The van der Waals surface area contributed by atoms with Crippen molar-refractivity contribution in [3.8, 4) is 5.75 Å². The van der Waals surface area contributed by atoms with Gasteiger partial charge < -0.3 is 25.0 Å². The van der Waals surface area contributed by atoms with E-state index in [1.807, 2.05) is 56.9 Å². The molecule has 1 saturated carbocycles. The van der Waals surface area contributed by atoms with Crippen LogP contribution < -0.4 is 15.4 Å². The molecule has 1 aromatic carbocycles. The standard InChI is InChI=1S/C26H35N7O3/c1-15-10-22(32-31-15)29-23-20-9-8-19(35-5)13-21(20)28-24(30-23)27-17-11-16-6-7-18(12-17)33(14-16)25(34)36-26(2,3)4/h8-10,13,16-18H,6-7,11-12,14H2,1-5H3,(H3,27,28,29,30,31,32)/t16?,17-,18+/m1/s1. The predicted octanol–water partition coefficient (Wildman–Crippen LogP) is 5.00. The minimum absolute atomic E-state index is 0.140. The first-order valence-electron chi connectivity index (χ1n) is 12.6. The van der Waals surface area contributed by atoms with E-state index in [0.29, 0.717) is 23.5 Å². The molecule has 10 heteroatoms. The van der Waals surface area contributed by atoms with Crippen molar-refractivity contribution < 1.29 is 14.3 Å². The molecule has 1 unspecified atom stereocenters. The third-order valence-electron chi connectivity index (χ3n) is 6.80. The second-order valence-electron chi connectivity index (χ2n) is 10.9. The van der Waals surface area contributed by atoms with Gasteiger partial charge in [-0.05, 0) is 71.4 Å². The maximum Gasteiger partial charge on any atom is 0.410 e. The van der Waals surface area contributed by atoms with E-state index in [-0.39, 0.29) is 18.2 Å². The summed E-state index contributed by atoms with van der Waals surface area (Å²) in [4.78, 5) is 24.4. The maximum atomic E-state index is 12.9. The van der Waals surface area contributed by atoms with E-state index in [0.717, 1.165) is 54.6 Å². The molecular weight excluding hydrogens is 458 g/mol. The van der Waals surface area contributed by atoms with Crippen LogP contribution in [0.2, 0.25) is 0 Å². The molecule has 2 bridgehead atoms. The van der Waals surface area contributed by atoms with Crippen LogP contribution in [-0.2, 0) is 4.74 Å². The van der Waals surface area contributed by atoms with E-state index < -0.39 is 5.60 Å². The Morgan fingerprint density at radius 3 is 2.72 bits per heavy atom. The number of nitrogens with zero attached hydrogens (tertiary/aromatic N) is 4. The lowest BCUT2D eigenvalue weighted by molar-refractivity contribution is 0.00612. The highest BCUT2D eigenvalue weighted by Crippen LogP contribution is 2.36. The van der Waals surface area contributed by atoms with Gasteiger partial charge >= 0.3 is 6.09 Å². The zero-order valence-corrected chi connectivity index (χ0v) is 21.6. The van der Waals surface area contributed by atoms with Gasteiger partial charge in [0.15, 0.2) is 5.82 Å². The number of aryl methyl sites for hydroxylation is 1. The molecular formula is C26H35N7O3. The summed E-state index contributed by atoms with van der Waals surface area (Å²) in [7, 11) is 1.64. The number of ether oxygens (including phenoxy) is 2. The average Bonchev–Trinajstić information content (AvgIpc) is 3.02. The summed E-state index contributed by atoms with van der Waals surface area (Å²) in [6.45, 7) is 8.42. The predicted molar refractivity (Wildman–Crippen MR) is 139 cm³/mol. The van der Waals surface area contributed by atoms with Crippen molar-refractivity contribution in [3.63, 3.8) is 0 Å². The van der Waals surface area contributed by atoms with Gasteiger partial charge in [0.05, 0.1) is 12.6 Å². The molecule has 3 N–H and O–H groups in total. The number of piperidine rings is 1. The molecule has 1 amide bonds. The van der Waals surface area contributed by atoms with Gasteiger partial charge in [-0.2, -0.15) is 10.1 Å². The molecule has 3 aromatic rings. The van der Waals surface area contributed by atoms with Crippen LogP contribution in [0.15, 0.2) is 24.3 Å². The molecule has 2 aliphatic heterocycles. The van der Waals surface area contributed by atoms with Crippen molar-refractivity contribution >= 4 is 34.6 Å². The van der Waals surface area contributed by atoms with E-state index >= 15 is 0 Å². The SMILES string of the molecule is COc1ccc2c(Nc3cc(C)[nH]n3)nc(N[C@@H]3CC4CC[C@@H](C3)N(C(=O)OC(C)(C)C)C4)nc2c1. The minimum Gasteiger partial charge on any atom is -0.497 e. The summed E-state index contributed by atoms with van der Waals surface area (Å²) in [6.07, 6.45) is 3.67. The van der Waals surface area contributed by atoms with Crippen LogP contribution in [0.1, 0.15) is 52.1 Å². The van der Waals surface area contributed by atoms with Crippen molar-refractivity contribution in [3.05, 3.63) is 30.0 Å². The molecule has 0 radical (unpaired) electrons. The van der Waals surface area contributed by atoms with Crippen LogP contribution in [0.4, 0.5) is 22.4 Å². The van der Waals surface area contributed by atoms with Crippen LogP contribution in [-0.4, -0.2) is 62.5 Å². The highest BCUT2D eigenvalue weighted by Gasteiger charge is 2.39. The van der Waals surface area contributed by atoms with E-state index in [9.17, 15) is 4.79 Å². The molecule has 10 nitrogen and oxygen atoms in total. The van der Waals surface area contributed by atoms with Gasteiger partial charge in [-0.15, -0.1) is 0 Å². The van der Waals surface area contributed by atoms with Gasteiger partial charge in [-0.3, -0.25) is 5.10 Å². The second-order valence-corrected chi connectivity index (χ2v) is 10.9. The number of hydrogen-bond donors (Lipinski definition) is 3. The zero-order valence-electron chi connectivity index (χ0n) is 21.6. The Morgan fingerprint density at radius 2 is 2.00 bits per heavy atom. The number of fused-ring (bicyclic) bond motifs is 5. The van der Waals surface area contributed by atoms with Crippen LogP contribution in [0.25, 0.3) is 10.9 Å². The quantitative estimate of drug-likeness (QED) is 0.454. The van der Waals surface area contributed by atoms with E-state index in [4.69, 9.17) is 19.4 Å². The van der Waals surface area contributed by atoms with Crippen molar-refractivity contribution in [2.75, 3.05) is 24.3 Å². The monoisotopic (exact) mass is 493 g/mol. The Morgan fingerprint density at radius 1 is 1.17 bits per heavy atom. The number of aromatic nitrogens is 4. The third-order valence-corrected chi connectivity index (χ3v) is 6.80. The lowest BCUT2D eigenvalue weighted by Crippen LogP contribution is -2.47. The van der Waals surface area contributed by atoms with Crippen molar-refractivity contribution in [1.82, 2.24) is 25.1 Å². The highest BCUT2D eigenvalue weighted by atomic mass is 16.6. The number of benzene rings is 1. The summed E-state index contributed by atoms with van der Waals surface area (Å²) in [5.74, 6) is 3.05.